The molecule has 0 spiro atoms. The lowest BCUT2D eigenvalue weighted by atomic mass is 10.1. The van der Waals surface area contributed by atoms with Crippen LogP contribution in [0, 0.1) is 5.92 Å². The minimum Gasteiger partial charge on any atom is -0.399 e. The first-order valence-corrected chi connectivity index (χ1v) is 4.46. The molecule has 0 heterocycles. The predicted molar refractivity (Wildman–Crippen MR) is 57.8 cm³/mol. The number of hydrogen-bond acceptors (Lipinski definition) is 3. The van der Waals surface area contributed by atoms with Crippen LogP contribution in [0.5, 0.6) is 0 Å². The SMILES string of the molecule is CC(C(N)=O)C(=O)Nc1ccc(N)cc1. The highest BCUT2D eigenvalue weighted by atomic mass is 16.2. The Morgan fingerprint density at radius 2 is 1.80 bits per heavy atom. The average molecular weight is 207 g/mol. The molecule has 0 radical (unpaired) electrons. The minimum absolute atomic E-state index is 0.424. The van der Waals surface area contributed by atoms with Crippen molar-refractivity contribution < 1.29 is 9.59 Å². The van der Waals surface area contributed by atoms with Crippen LogP contribution in [-0.2, 0) is 9.59 Å². The monoisotopic (exact) mass is 207 g/mol. The van der Waals surface area contributed by atoms with Crippen LogP contribution in [0.4, 0.5) is 11.4 Å². The molecule has 0 bridgehead atoms. The topological polar surface area (TPSA) is 98.2 Å². The minimum atomic E-state index is -0.845. The highest BCUT2D eigenvalue weighted by molar-refractivity contribution is 6.05. The predicted octanol–water partition coefficient (Wildman–Crippen LogP) is 0.329. The van der Waals surface area contributed by atoms with Gasteiger partial charge in [-0.15, -0.1) is 0 Å². The third kappa shape index (κ3) is 2.98. The van der Waals surface area contributed by atoms with Gasteiger partial charge in [-0.2, -0.15) is 0 Å². The Balaban J connectivity index is 2.66. The Kier molecular flexibility index (Phi) is 3.28. The van der Waals surface area contributed by atoms with Crippen molar-refractivity contribution in [2.75, 3.05) is 11.1 Å². The van der Waals surface area contributed by atoms with Crippen molar-refractivity contribution in [3.8, 4) is 0 Å². The lowest BCUT2D eigenvalue weighted by Gasteiger charge is -2.08. The average Bonchev–Trinajstić information content (AvgIpc) is 2.20. The van der Waals surface area contributed by atoms with E-state index in [0.29, 0.717) is 11.4 Å². The molecule has 0 saturated carbocycles. The van der Waals surface area contributed by atoms with Crippen LogP contribution in [0.2, 0.25) is 0 Å². The number of nitrogen functional groups attached to an aromatic ring is 1. The van der Waals surface area contributed by atoms with Crippen LogP contribution in [0.1, 0.15) is 6.92 Å². The fourth-order valence-electron chi connectivity index (χ4n) is 0.946. The van der Waals surface area contributed by atoms with Crippen LogP contribution < -0.4 is 16.8 Å². The number of hydrogen-bond donors (Lipinski definition) is 3. The van der Waals surface area contributed by atoms with E-state index in [1.54, 1.807) is 24.3 Å². The van der Waals surface area contributed by atoms with Crippen LogP contribution in [-0.4, -0.2) is 11.8 Å². The molecule has 0 aliphatic carbocycles. The molecule has 5 nitrogen and oxygen atoms in total. The number of rotatable bonds is 3. The van der Waals surface area contributed by atoms with Crippen molar-refractivity contribution in [1.82, 2.24) is 0 Å². The fourth-order valence-corrected chi connectivity index (χ4v) is 0.946. The summed E-state index contributed by atoms with van der Waals surface area (Å²) in [4.78, 5) is 22.1. The maximum absolute atomic E-state index is 11.4. The Hall–Kier alpha value is -2.04. The van der Waals surface area contributed by atoms with E-state index >= 15 is 0 Å². The van der Waals surface area contributed by atoms with Gasteiger partial charge in [0.1, 0.15) is 5.92 Å². The second-order valence-corrected chi connectivity index (χ2v) is 3.24. The lowest BCUT2D eigenvalue weighted by molar-refractivity contribution is -0.129. The molecule has 1 aromatic carbocycles. The van der Waals surface area contributed by atoms with Gasteiger partial charge in [0.25, 0.3) is 0 Å². The molecule has 1 aromatic rings. The molecule has 1 atom stereocenters. The number of amides is 2. The van der Waals surface area contributed by atoms with E-state index in [4.69, 9.17) is 11.5 Å². The van der Waals surface area contributed by atoms with E-state index in [-0.39, 0.29) is 0 Å². The maximum atomic E-state index is 11.4. The molecular formula is C10H13N3O2. The van der Waals surface area contributed by atoms with Gasteiger partial charge in [-0.1, -0.05) is 0 Å². The standard InChI is InChI=1S/C10H13N3O2/c1-6(9(12)14)10(15)13-8-4-2-7(11)3-5-8/h2-6H,11H2,1H3,(H2,12,14)(H,13,15). The van der Waals surface area contributed by atoms with Crippen molar-refractivity contribution in [3.63, 3.8) is 0 Å². The molecule has 0 fully saturated rings. The number of nitrogens with two attached hydrogens (primary N) is 2. The molecule has 0 saturated heterocycles. The zero-order valence-corrected chi connectivity index (χ0v) is 8.36. The smallest absolute Gasteiger partial charge is 0.236 e. The third-order valence-electron chi connectivity index (χ3n) is 2.00. The van der Waals surface area contributed by atoms with Crippen LogP contribution >= 0.6 is 0 Å². The summed E-state index contributed by atoms with van der Waals surface area (Å²) in [6, 6.07) is 6.62. The maximum Gasteiger partial charge on any atom is 0.236 e. The largest absolute Gasteiger partial charge is 0.399 e. The van der Waals surface area contributed by atoms with E-state index in [1.807, 2.05) is 0 Å². The van der Waals surface area contributed by atoms with Gasteiger partial charge < -0.3 is 16.8 Å². The van der Waals surface area contributed by atoms with Crippen molar-refractivity contribution >= 4 is 23.2 Å². The zero-order valence-electron chi connectivity index (χ0n) is 8.36. The van der Waals surface area contributed by atoms with E-state index in [2.05, 4.69) is 5.32 Å². The Bertz CT molecular complexity index is 373. The molecule has 5 heteroatoms. The number of anilines is 2. The zero-order chi connectivity index (χ0) is 11.4. The number of benzene rings is 1. The van der Waals surface area contributed by atoms with E-state index in [9.17, 15) is 9.59 Å². The van der Waals surface area contributed by atoms with Gasteiger partial charge in [-0.25, -0.2) is 0 Å². The highest BCUT2D eigenvalue weighted by Gasteiger charge is 2.18. The first-order chi connectivity index (χ1) is 7.00. The Morgan fingerprint density at radius 1 is 1.27 bits per heavy atom. The quantitative estimate of drug-likeness (QED) is 0.492. The summed E-state index contributed by atoms with van der Waals surface area (Å²) in [5.41, 5.74) is 11.7. The van der Waals surface area contributed by atoms with E-state index in [0.717, 1.165) is 0 Å². The molecule has 0 aliphatic heterocycles. The van der Waals surface area contributed by atoms with Crippen molar-refractivity contribution in [2.45, 2.75) is 6.92 Å². The third-order valence-corrected chi connectivity index (χ3v) is 2.00. The van der Waals surface area contributed by atoms with Crippen molar-refractivity contribution in [1.29, 1.82) is 0 Å². The summed E-state index contributed by atoms with van der Waals surface area (Å²) in [5.74, 6) is -1.92. The summed E-state index contributed by atoms with van der Waals surface area (Å²) in [6.07, 6.45) is 0. The van der Waals surface area contributed by atoms with Crippen molar-refractivity contribution in [2.24, 2.45) is 11.7 Å². The van der Waals surface area contributed by atoms with E-state index < -0.39 is 17.7 Å². The Morgan fingerprint density at radius 3 is 2.27 bits per heavy atom. The molecular weight excluding hydrogens is 194 g/mol. The second kappa shape index (κ2) is 4.45. The van der Waals surface area contributed by atoms with Gasteiger partial charge in [0.2, 0.25) is 11.8 Å². The number of primary amides is 1. The van der Waals surface area contributed by atoms with Gasteiger partial charge >= 0.3 is 0 Å². The molecule has 1 unspecified atom stereocenters. The van der Waals surface area contributed by atoms with Crippen LogP contribution in [0.3, 0.4) is 0 Å². The summed E-state index contributed by atoms with van der Waals surface area (Å²) in [5, 5.41) is 2.55. The number of carbonyl (C=O) groups is 2. The molecule has 0 aliphatic rings. The summed E-state index contributed by atoms with van der Waals surface area (Å²) in [7, 11) is 0. The fraction of sp³-hybridized carbons (Fsp3) is 0.200. The Labute approximate surface area is 87.4 Å². The van der Waals surface area contributed by atoms with Gasteiger partial charge in [0, 0.05) is 11.4 Å². The highest BCUT2D eigenvalue weighted by Crippen LogP contribution is 2.11. The number of nitrogens with one attached hydrogen (secondary N) is 1. The van der Waals surface area contributed by atoms with Gasteiger partial charge in [0.15, 0.2) is 0 Å². The van der Waals surface area contributed by atoms with Crippen LogP contribution in [0.25, 0.3) is 0 Å². The molecule has 15 heavy (non-hydrogen) atoms. The van der Waals surface area contributed by atoms with E-state index in [1.165, 1.54) is 6.92 Å². The van der Waals surface area contributed by atoms with Gasteiger partial charge in [-0.3, -0.25) is 9.59 Å². The molecule has 2 amide bonds. The molecule has 5 N–H and O–H groups in total. The molecule has 0 aromatic heterocycles. The first-order valence-electron chi connectivity index (χ1n) is 4.46. The summed E-state index contributed by atoms with van der Waals surface area (Å²) >= 11 is 0. The first kappa shape index (κ1) is 11.0. The normalized spacial score (nSPS) is 11.8. The summed E-state index contributed by atoms with van der Waals surface area (Å²) in [6.45, 7) is 1.45. The second-order valence-electron chi connectivity index (χ2n) is 3.24. The van der Waals surface area contributed by atoms with Gasteiger partial charge in [-0.05, 0) is 31.2 Å². The molecule has 80 valence electrons. The lowest BCUT2D eigenvalue weighted by Crippen LogP contribution is -2.32. The number of carbonyl (C=O) groups excluding carboxylic acids is 2. The van der Waals surface area contributed by atoms with Crippen molar-refractivity contribution in [3.05, 3.63) is 24.3 Å². The van der Waals surface area contributed by atoms with Crippen LogP contribution in [0.15, 0.2) is 24.3 Å². The van der Waals surface area contributed by atoms with Gasteiger partial charge in [0.05, 0.1) is 0 Å². The molecule has 1 rings (SSSR count). The summed E-state index contributed by atoms with van der Waals surface area (Å²) < 4.78 is 0.